The number of aliphatic hydroxyl groups excluding tert-OH is 2. The summed E-state index contributed by atoms with van der Waals surface area (Å²) in [4.78, 5) is 24.5. The molecular formula is C36H64N2O4. The molecule has 1 rings (SSSR count). The Morgan fingerprint density at radius 2 is 0.929 bits per heavy atom. The molecular weight excluding hydrogens is 524 g/mol. The van der Waals surface area contributed by atoms with Crippen molar-refractivity contribution < 1.29 is 19.8 Å². The van der Waals surface area contributed by atoms with Crippen LogP contribution in [0.25, 0.3) is 0 Å². The summed E-state index contributed by atoms with van der Waals surface area (Å²) in [6, 6.07) is 8.07. The van der Waals surface area contributed by atoms with Gasteiger partial charge in [-0.1, -0.05) is 128 Å². The highest BCUT2D eigenvalue weighted by Gasteiger charge is 2.06. The van der Waals surface area contributed by atoms with Crippen LogP contribution in [0.4, 0.5) is 0 Å². The molecule has 0 heterocycles. The third kappa shape index (κ3) is 22.6. The standard InChI is InChI=1S/C36H64N2O4/c1-3-20-33(39)24-15-11-7-5-9-13-17-26-35(41)37-29-31-22-19-23-32(28-31)30-38-36(42)27-18-14-10-6-8-12-16-25-34(40)21-4-2/h19,22-23,28,33-34,39-40H,3-18,20-21,24-27,29-30H2,1-2H3,(H,37,41)(H,38,42). The Labute approximate surface area is 257 Å². The molecule has 6 heteroatoms. The van der Waals surface area contributed by atoms with E-state index in [4.69, 9.17) is 0 Å². The first kappa shape index (κ1) is 38.1. The van der Waals surface area contributed by atoms with Crippen molar-refractivity contribution >= 4 is 11.8 Å². The predicted octanol–water partition coefficient (Wildman–Crippen LogP) is 8.26. The topological polar surface area (TPSA) is 98.7 Å². The lowest BCUT2D eigenvalue weighted by atomic mass is 10.0. The summed E-state index contributed by atoms with van der Waals surface area (Å²) >= 11 is 0. The van der Waals surface area contributed by atoms with E-state index in [1.807, 2.05) is 18.2 Å². The van der Waals surface area contributed by atoms with Crippen LogP contribution in [0.3, 0.4) is 0 Å². The zero-order valence-electron chi connectivity index (χ0n) is 27.1. The largest absolute Gasteiger partial charge is 0.393 e. The van der Waals surface area contributed by atoms with Gasteiger partial charge >= 0.3 is 0 Å². The van der Waals surface area contributed by atoms with Crippen LogP contribution in [0.5, 0.6) is 0 Å². The fraction of sp³-hybridized carbons (Fsp3) is 0.778. The number of hydrogen-bond donors (Lipinski definition) is 4. The Morgan fingerprint density at radius 1 is 0.571 bits per heavy atom. The molecule has 0 radical (unpaired) electrons. The molecule has 42 heavy (non-hydrogen) atoms. The van der Waals surface area contributed by atoms with Crippen molar-refractivity contribution in [2.45, 2.75) is 180 Å². The van der Waals surface area contributed by atoms with E-state index in [0.29, 0.717) is 25.9 Å². The molecule has 6 nitrogen and oxygen atoms in total. The Morgan fingerprint density at radius 3 is 1.31 bits per heavy atom. The van der Waals surface area contributed by atoms with Gasteiger partial charge in [-0.05, 0) is 49.7 Å². The van der Waals surface area contributed by atoms with E-state index in [0.717, 1.165) is 88.2 Å². The van der Waals surface area contributed by atoms with Gasteiger partial charge in [-0.25, -0.2) is 0 Å². The quantitative estimate of drug-likeness (QED) is 0.0741. The molecule has 1 aromatic carbocycles. The molecule has 0 fully saturated rings. The number of rotatable bonds is 28. The van der Waals surface area contributed by atoms with Crippen molar-refractivity contribution in [2.75, 3.05) is 0 Å². The van der Waals surface area contributed by atoms with E-state index in [1.54, 1.807) is 0 Å². The van der Waals surface area contributed by atoms with Crippen LogP contribution in [-0.4, -0.2) is 34.2 Å². The number of amides is 2. The SMILES string of the molecule is CCCC(O)CCCCCCCCCC(=O)NCc1cccc(CNC(=O)CCCCCCCCCC(O)CCC)c1. The molecule has 2 atom stereocenters. The lowest BCUT2D eigenvalue weighted by Gasteiger charge is -2.09. The van der Waals surface area contributed by atoms with Gasteiger partial charge in [0.1, 0.15) is 0 Å². The normalized spacial score (nSPS) is 12.7. The molecule has 0 bridgehead atoms. The molecule has 0 saturated carbocycles. The minimum Gasteiger partial charge on any atom is -0.393 e. The maximum atomic E-state index is 12.3. The summed E-state index contributed by atoms with van der Waals surface area (Å²) in [5, 5.41) is 25.6. The fourth-order valence-corrected chi connectivity index (χ4v) is 5.48. The summed E-state index contributed by atoms with van der Waals surface area (Å²) < 4.78 is 0. The molecule has 242 valence electrons. The summed E-state index contributed by atoms with van der Waals surface area (Å²) in [7, 11) is 0. The van der Waals surface area contributed by atoms with Crippen LogP contribution < -0.4 is 10.6 Å². The zero-order valence-corrected chi connectivity index (χ0v) is 27.1. The molecule has 2 unspecified atom stereocenters. The number of unbranched alkanes of at least 4 members (excludes halogenated alkanes) is 12. The lowest BCUT2D eigenvalue weighted by Crippen LogP contribution is -2.23. The Kier molecular flexibility index (Phi) is 24.2. The van der Waals surface area contributed by atoms with Crippen molar-refractivity contribution in [1.29, 1.82) is 0 Å². The number of aliphatic hydroxyl groups is 2. The van der Waals surface area contributed by atoms with Crippen molar-refractivity contribution in [1.82, 2.24) is 10.6 Å². The molecule has 0 aliphatic rings. The molecule has 1 aromatic rings. The molecule has 0 saturated heterocycles. The van der Waals surface area contributed by atoms with E-state index in [1.165, 1.54) is 51.4 Å². The number of benzene rings is 1. The summed E-state index contributed by atoms with van der Waals surface area (Å²) in [6.07, 6.45) is 22.5. The summed E-state index contributed by atoms with van der Waals surface area (Å²) in [5.74, 6) is 0.203. The van der Waals surface area contributed by atoms with Crippen LogP contribution in [0, 0.1) is 0 Å². The number of carbonyl (C=O) groups is 2. The van der Waals surface area contributed by atoms with Gasteiger partial charge in [0.25, 0.3) is 0 Å². The molecule has 0 aliphatic carbocycles. The van der Waals surface area contributed by atoms with Gasteiger partial charge in [0.2, 0.25) is 11.8 Å². The Bertz CT molecular complexity index is 739. The second kappa shape index (κ2) is 26.7. The van der Waals surface area contributed by atoms with Gasteiger partial charge < -0.3 is 20.8 Å². The first-order chi connectivity index (χ1) is 20.4. The molecule has 0 aromatic heterocycles. The first-order valence-electron chi connectivity index (χ1n) is 17.4. The highest BCUT2D eigenvalue weighted by atomic mass is 16.3. The maximum absolute atomic E-state index is 12.3. The van der Waals surface area contributed by atoms with Gasteiger partial charge in [-0.2, -0.15) is 0 Å². The van der Waals surface area contributed by atoms with E-state index in [2.05, 4.69) is 30.5 Å². The molecule has 0 aliphatic heterocycles. The Balaban J connectivity index is 2.03. The van der Waals surface area contributed by atoms with Crippen molar-refractivity contribution in [3.63, 3.8) is 0 Å². The number of carbonyl (C=O) groups excluding carboxylic acids is 2. The third-order valence-corrected chi connectivity index (χ3v) is 8.10. The third-order valence-electron chi connectivity index (χ3n) is 8.10. The van der Waals surface area contributed by atoms with Crippen LogP contribution in [0.1, 0.15) is 166 Å². The van der Waals surface area contributed by atoms with E-state index in [9.17, 15) is 19.8 Å². The van der Waals surface area contributed by atoms with E-state index < -0.39 is 0 Å². The average molecular weight is 589 g/mol. The second-order valence-corrected chi connectivity index (χ2v) is 12.3. The van der Waals surface area contributed by atoms with Crippen molar-refractivity contribution in [3.8, 4) is 0 Å². The smallest absolute Gasteiger partial charge is 0.220 e. The lowest BCUT2D eigenvalue weighted by molar-refractivity contribution is -0.122. The number of hydrogen-bond acceptors (Lipinski definition) is 4. The highest BCUT2D eigenvalue weighted by Crippen LogP contribution is 2.14. The van der Waals surface area contributed by atoms with Crippen LogP contribution in [0.2, 0.25) is 0 Å². The number of nitrogens with one attached hydrogen (secondary N) is 2. The van der Waals surface area contributed by atoms with Gasteiger partial charge in [-0.3, -0.25) is 9.59 Å². The van der Waals surface area contributed by atoms with Crippen LogP contribution in [0.15, 0.2) is 24.3 Å². The fourth-order valence-electron chi connectivity index (χ4n) is 5.48. The van der Waals surface area contributed by atoms with Gasteiger partial charge in [0, 0.05) is 25.9 Å². The summed E-state index contributed by atoms with van der Waals surface area (Å²) in [5.41, 5.74) is 2.11. The van der Waals surface area contributed by atoms with Gasteiger partial charge in [0.15, 0.2) is 0 Å². The minimum absolute atomic E-state index is 0.101. The second-order valence-electron chi connectivity index (χ2n) is 12.3. The van der Waals surface area contributed by atoms with Crippen LogP contribution in [-0.2, 0) is 22.7 Å². The minimum atomic E-state index is -0.120. The van der Waals surface area contributed by atoms with E-state index >= 15 is 0 Å². The molecule has 0 spiro atoms. The van der Waals surface area contributed by atoms with Gasteiger partial charge in [0.05, 0.1) is 12.2 Å². The maximum Gasteiger partial charge on any atom is 0.220 e. The highest BCUT2D eigenvalue weighted by molar-refractivity contribution is 5.76. The van der Waals surface area contributed by atoms with Crippen LogP contribution >= 0.6 is 0 Å². The monoisotopic (exact) mass is 588 g/mol. The molecule has 4 N–H and O–H groups in total. The summed E-state index contributed by atoms with van der Waals surface area (Å²) in [6.45, 7) is 5.26. The first-order valence-corrected chi connectivity index (χ1v) is 17.4. The zero-order chi connectivity index (χ0) is 30.7. The van der Waals surface area contributed by atoms with E-state index in [-0.39, 0.29) is 24.0 Å². The average Bonchev–Trinajstić information content (AvgIpc) is 2.97. The molecule has 2 amide bonds. The van der Waals surface area contributed by atoms with Gasteiger partial charge in [-0.15, -0.1) is 0 Å². The van der Waals surface area contributed by atoms with Crippen molar-refractivity contribution in [2.24, 2.45) is 0 Å². The Hall–Kier alpha value is -1.92. The van der Waals surface area contributed by atoms with Crippen molar-refractivity contribution in [3.05, 3.63) is 35.4 Å². The predicted molar refractivity (Wildman–Crippen MR) is 175 cm³/mol.